The average molecular weight is 295 g/mol. The van der Waals surface area contributed by atoms with Gasteiger partial charge in [0.25, 0.3) is 5.69 Å². The van der Waals surface area contributed by atoms with E-state index in [1.807, 2.05) is 23.9 Å². The van der Waals surface area contributed by atoms with Gasteiger partial charge in [0.15, 0.2) is 0 Å². The summed E-state index contributed by atoms with van der Waals surface area (Å²) in [5.74, 6) is 2.46. The van der Waals surface area contributed by atoms with Crippen LogP contribution in [0, 0.1) is 10.1 Å². The van der Waals surface area contributed by atoms with Gasteiger partial charge in [-0.05, 0) is 13.0 Å². The molecule has 1 heterocycles. The molecule has 0 spiro atoms. The van der Waals surface area contributed by atoms with Gasteiger partial charge < -0.3 is 10.2 Å². The maximum absolute atomic E-state index is 10.9. The van der Waals surface area contributed by atoms with Crippen molar-refractivity contribution < 1.29 is 4.92 Å². The molecule has 1 saturated heterocycles. The normalized spacial score (nSPS) is 16.2. The maximum atomic E-state index is 10.9. The molecular formula is C14H21N3O2S. The lowest BCUT2D eigenvalue weighted by Crippen LogP contribution is -2.38. The highest BCUT2D eigenvalue weighted by Gasteiger charge is 2.12. The van der Waals surface area contributed by atoms with Crippen molar-refractivity contribution in [3.8, 4) is 0 Å². The van der Waals surface area contributed by atoms with Crippen molar-refractivity contribution in [2.75, 3.05) is 44.2 Å². The topological polar surface area (TPSA) is 58.4 Å². The number of benzene rings is 1. The fraction of sp³-hybridized carbons (Fsp3) is 0.571. The fourth-order valence-corrected chi connectivity index (χ4v) is 3.29. The molecule has 1 aromatic carbocycles. The molecule has 0 aromatic heterocycles. The number of hydrogen-bond acceptors (Lipinski definition) is 5. The van der Waals surface area contributed by atoms with Gasteiger partial charge >= 0.3 is 0 Å². The molecule has 0 atom stereocenters. The molecule has 20 heavy (non-hydrogen) atoms. The van der Waals surface area contributed by atoms with E-state index in [9.17, 15) is 10.1 Å². The fourth-order valence-electron chi connectivity index (χ4n) is 2.31. The average Bonchev–Trinajstić information content (AvgIpc) is 2.48. The quantitative estimate of drug-likeness (QED) is 0.472. The number of para-hydroxylation sites is 1. The van der Waals surface area contributed by atoms with Crippen LogP contribution in [0.3, 0.4) is 0 Å². The zero-order valence-corrected chi connectivity index (χ0v) is 12.4. The minimum atomic E-state index is -0.305. The van der Waals surface area contributed by atoms with Crippen molar-refractivity contribution >= 4 is 17.4 Å². The van der Waals surface area contributed by atoms with E-state index in [-0.39, 0.29) is 10.6 Å². The second kappa shape index (κ2) is 8.24. The van der Waals surface area contributed by atoms with E-state index in [0.717, 1.165) is 25.2 Å². The summed E-state index contributed by atoms with van der Waals surface area (Å²) in [6, 6.07) is 6.97. The minimum Gasteiger partial charge on any atom is -0.315 e. The van der Waals surface area contributed by atoms with E-state index in [0.29, 0.717) is 6.42 Å². The van der Waals surface area contributed by atoms with Gasteiger partial charge in [0.1, 0.15) is 0 Å². The zero-order valence-electron chi connectivity index (χ0n) is 11.6. The standard InChI is InChI=1S/C14H21N3O2S/c18-17(19)14-4-2-1-3-13(14)5-6-15-7-8-16-9-11-20-12-10-16/h1-4,15H,5-12H2. The Hall–Kier alpha value is -1.11. The smallest absolute Gasteiger partial charge is 0.272 e. The maximum Gasteiger partial charge on any atom is 0.272 e. The van der Waals surface area contributed by atoms with E-state index in [1.165, 1.54) is 24.6 Å². The summed E-state index contributed by atoms with van der Waals surface area (Å²) in [5, 5.41) is 14.3. The van der Waals surface area contributed by atoms with Crippen molar-refractivity contribution in [3.63, 3.8) is 0 Å². The van der Waals surface area contributed by atoms with E-state index in [1.54, 1.807) is 12.1 Å². The largest absolute Gasteiger partial charge is 0.315 e. The first-order chi connectivity index (χ1) is 9.77. The number of hydrogen-bond donors (Lipinski definition) is 1. The lowest BCUT2D eigenvalue weighted by atomic mass is 10.1. The van der Waals surface area contributed by atoms with Gasteiger partial charge in [0.2, 0.25) is 0 Å². The first-order valence-corrected chi connectivity index (χ1v) is 8.16. The first kappa shape index (κ1) is 15.3. The molecule has 1 aromatic rings. The van der Waals surface area contributed by atoms with Gasteiger partial charge in [-0.1, -0.05) is 18.2 Å². The minimum absolute atomic E-state index is 0.224. The van der Waals surface area contributed by atoms with Crippen LogP contribution in [0.5, 0.6) is 0 Å². The van der Waals surface area contributed by atoms with Gasteiger partial charge in [-0.3, -0.25) is 10.1 Å². The van der Waals surface area contributed by atoms with Crippen molar-refractivity contribution in [2.45, 2.75) is 6.42 Å². The van der Waals surface area contributed by atoms with Crippen LogP contribution < -0.4 is 5.32 Å². The van der Waals surface area contributed by atoms with E-state index < -0.39 is 0 Å². The highest BCUT2D eigenvalue weighted by Crippen LogP contribution is 2.17. The predicted molar refractivity (Wildman–Crippen MR) is 83.4 cm³/mol. The van der Waals surface area contributed by atoms with Gasteiger partial charge in [-0.2, -0.15) is 11.8 Å². The Morgan fingerprint density at radius 1 is 1.25 bits per heavy atom. The summed E-state index contributed by atoms with van der Waals surface area (Å²) in [6.45, 7) is 5.16. The van der Waals surface area contributed by atoms with Crippen molar-refractivity contribution in [2.24, 2.45) is 0 Å². The molecule has 110 valence electrons. The molecule has 0 amide bonds. The van der Waals surface area contributed by atoms with Gasteiger partial charge in [-0.15, -0.1) is 0 Å². The van der Waals surface area contributed by atoms with E-state index in [2.05, 4.69) is 10.2 Å². The molecule has 1 aliphatic heterocycles. The van der Waals surface area contributed by atoms with Crippen LogP contribution in [0.15, 0.2) is 24.3 Å². The second-order valence-electron chi connectivity index (χ2n) is 4.84. The number of nitro benzene ring substituents is 1. The van der Waals surface area contributed by atoms with Gasteiger partial charge in [0.05, 0.1) is 4.92 Å². The third kappa shape index (κ3) is 4.77. The predicted octanol–water partition coefficient (Wildman–Crippen LogP) is 1.78. The van der Waals surface area contributed by atoms with Crippen LogP contribution in [0.25, 0.3) is 0 Å². The zero-order chi connectivity index (χ0) is 14.2. The molecule has 0 saturated carbocycles. The Kier molecular flexibility index (Phi) is 6.29. The highest BCUT2D eigenvalue weighted by molar-refractivity contribution is 7.99. The Bertz CT molecular complexity index is 436. The van der Waals surface area contributed by atoms with Crippen LogP contribution in [0.1, 0.15) is 5.56 Å². The molecule has 0 bridgehead atoms. The molecular weight excluding hydrogens is 274 g/mol. The summed E-state index contributed by atoms with van der Waals surface area (Å²) >= 11 is 2.02. The Morgan fingerprint density at radius 2 is 2.00 bits per heavy atom. The van der Waals surface area contributed by atoms with Crippen LogP contribution in [0.4, 0.5) is 5.69 Å². The number of nitrogens with one attached hydrogen (secondary N) is 1. The number of thioether (sulfide) groups is 1. The van der Waals surface area contributed by atoms with Gasteiger partial charge in [0, 0.05) is 49.3 Å². The Balaban J connectivity index is 1.67. The molecule has 1 aliphatic rings. The van der Waals surface area contributed by atoms with Crippen LogP contribution in [0.2, 0.25) is 0 Å². The SMILES string of the molecule is O=[N+]([O-])c1ccccc1CCNCCN1CCSCC1. The van der Waals surface area contributed by atoms with E-state index in [4.69, 9.17) is 0 Å². The lowest BCUT2D eigenvalue weighted by molar-refractivity contribution is -0.385. The Labute approximate surface area is 123 Å². The first-order valence-electron chi connectivity index (χ1n) is 7.00. The highest BCUT2D eigenvalue weighted by atomic mass is 32.2. The third-order valence-electron chi connectivity index (χ3n) is 3.47. The molecule has 5 nitrogen and oxygen atoms in total. The molecule has 0 unspecified atom stereocenters. The summed E-state index contributed by atoms with van der Waals surface area (Å²) < 4.78 is 0. The third-order valence-corrected chi connectivity index (χ3v) is 4.41. The monoisotopic (exact) mass is 295 g/mol. The summed E-state index contributed by atoms with van der Waals surface area (Å²) in [7, 11) is 0. The van der Waals surface area contributed by atoms with Gasteiger partial charge in [-0.25, -0.2) is 0 Å². The van der Waals surface area contributed by atoms with Crippen molar-refractivity contribution in [1.82, 2.24) is 10.2 Å². The summed E-state index contributed by atoms with van der Waals surface area (Å²) in [5.41, 5.74) is 1.03. The van der Waals surface area contributed by atoms with Crippen molar-refractivity contribution in [3.05, 3.63) is 39.9 Å². The lowest BCUT2D eigenvalue weighted by Gasteiger charge is -2.26. The summed E-state index contributed by atoms with van der Waals surface area (Å²) in [4.78, 5) is 13.1. The molecule has 2 rings (SSSR count). The molecule has 1 fully saturated rings. The van der Waals surface area contributed by atoms with Crippen molar-refractivity contribution in [1.29, 1.82) is 0 Å². The Morgan fingerprint density at radius 3 is 2.75 bits per heavy atom. The summed E-state index contributed by atoms with van der Waals surface area (Å²) in [6.07, 6.45) is 0.701. The number of nitro groups is 1. The molecule has 6 heteroatoms. The number of rotatable bonds is 7. The number of nitrogens with zero attached hydrogens (tertiary/aromatic N) is 2. The van der Waals surface area contributed by atoms with Crippen LogP contribution >= 0.6 is 11.8 Å². The van der Waals surface area contributed by atoms with E-state index >= 15 is 0 Å². The molecule has 0 aliphatic carbocycles. The molecule has 0 radical (unpaired) electrons. The second-order valence-corrected chi connectivity index (χ2v) is 6.06. The van der Waals surface area contributed by atoms with Crippen LogP contribution in [-0.2, 0) is 6.42 Å². The molecule has 1 N–H and O–H groups in total. The van der Waals surface area contributed by atoms with Crippen LogP contribution in [-0.4, -0.2) is 54.1 Å².